The van der Waals surface area contributed by atoms with E-state index in [4.69, 9.17) is 9.05 Å². The summed E-state index contributed by atoms with van der Waals surface area (Å²) >= 11 is 0. The van der Waals surface area contributed by atoms with Crippen LogP contribution < -0.4 is 5.32 Å². The van der Waals surface area contributed by atoms with E-state index < -0.39 is 13.4 Å². The van der Waals surface area contributed by atoms with Crippen molar-refractivity contribution in [1.29, 1.82) is 0 Å². The summed E-state index contributed by atoms with van der Waals surface area (Å²) in [5.41, 5.74) is -0.714. The van der Waals surface area contributed by atoms with E-state index in [0.29, 0.717) is 19.4 Å². The highest BCUT2D eigenvalue weighted by molar-refractivity contribution is 7.47. The fourth-order valence-electron chi connectivity index (χ4n) is 4.46. The second-order valence-corrected chi connectivity index (χ2v) is 13.1. The molecule has 0 rings (SSSR count). The molecule has 6 nitrogen and oxygen atoms in total. The second-order valence-electron chi connectivity index (χ2n) is 11.7. The van der Waals surface area contributed by atoms with Gasteiger partial charge in [-0.1, -0.05) is 122 Å². The van der Waals surface area contributed by atoms with Gasteiger partial charge in [-0.15, -0.1) is 0 Å². The van der Waals surface area contributed by atoms with Gasteiger partial charge in [0.1, 0.15) is 0 Å². The van der Waals surface area contributed by atoms with Crippen molar-refractivity contribution in [3.05, 3.63) is 0 Å². The molecule has 0 aliphatic heterocycles. The molecule has 0 saturated heterocycles. The number of nitrogens with one attached hydrogen (secondary N) is 1. The first-order valence-corrected chi connectivity index (χ1v) is 17.1. The summed E-state index contributed by atoms with van der Waals surface area (Å²) in [5.74, 6) is 0.157. The van der Waals surface area contributed by atoms with Crippen LogP contribution in [-0.2, 0) is 18.4 Å². The lowest BCUT2D eigenvalue weighted by molar-refractivity contribution is -0.121. The van der Waals surface area contributed by atoms with Gasteiger partial charge in [0.15, 0.2) is 0 Å². The van der Waals surface area contributed by atoms with Crippen LogP contribution in [0.15, 0.2) is 0 Å². The molecule has 0 saturated carbocycles. The van der Waals surface area contributed by atoms with Crippen LogP contribution in [0.3, 0.4) is 0 Å². The Labute approximate surface area is 230 Å². The Morgan fingerprint density at radius 1 is 0.676 bits per heavy atom. The zero-order valence-electron chi connectivity index (χ0n) is 25.0. The number of hydrogen-bond donors (Lipinski definition) is 2. The Morgan fingerprint density at radius 3 is 1.54 bits per heavy atom. The SMILES string of the molecule is CCCCCCCCCCCCCCCCCCCC(=O)NCCCCCCOP(=O)(O)OC(C)(C)C. The maximum Gasteiger partial charge on any atom is 0.472 e. The molecule has 0 radical (unpaired) electrons. The average Bonchev–Trinajstić information content (AvgIpc) is 2.81. The van der Waals surface area contributed by atoms with E-state index in [9.17, 15) is 14.3 Å². The third kappa shape index (κ3) is 30.0. The van der Waals surface area contributed by atoms with Gasteiger partial charge >= 0.3 is 7.82 Å². The normalized spacial score (nSPS) is 13.5. The highest BCUT2D eigenvalue weighted by Gasteiger charge is 2.28. The lowest BCUT2D eigenvalue weighted by Crippen LogP contribution is -2.23. The van der Waals surface area contributed by atoms with Gasteiger partial charge in [0.25, 0.3) is 0 Å². The molecule has 1 atom stereocenters. The second kappa shape index (κ2) is 24.6. The predicted octanol–water partition coefficient (Wildman–Crippen LogP) is 9.64. The van der Waals surface area contributed by atoms with Crippen molar-refractivity contribution in [2.45, 2.75) is 175 Å². The third-order valence-electron chi connectivity index (χ3n) is 6.54. The molecular weight excluding hydrogens is 485 g/mol. The van der Waals surface area contributed by atoms with Gasteiger partial charge in [0.05, 0.1) is 12.2 Å². The number of carbonyl (C=O) groups excluding carboxylic acids is 1. The van der Waals surface area contributed by atoms with E-state index in [1.807, 2.05) is 0 Å². The standard InChI is InChI=1S/C30H62NO5P/c1-5-6-7-8-9-10-11-12-13-14-15-16-17-18-19-20-23-26-29(32)31-27-24-21-22-25-28-35-37(33,34)36-30(2,3)4/h5-28H2,1-4H3,(H,31,32)(H,33,34). The highest BCUT2D eigenvalue weighted by atomic mass is 31.2. The fraction of sp³-hybridized carbons (Fsp3) is 0.967. The molecule has 0 fully saturated rings. The smallest absolute Gasteiger partial charge is 0.356 e. The number of rotatable bonds is 27. The molecule has 1 unspecified atom stereocenters. The van der Waals surface area contributed by atoms with Crippen LogP contribution in [0.5, 0.6) is 0 Å². The van der Waals surface area contributed by atoms with Crippen LogP contribution >= 0.6 is 7.82 Å². The van der Waals surface area contributed by atoms with Crippen molar-refractivity contribution in [2.24, 2.45) is 0 Å². The van der Waals surface area contributed by atoms with Gasteiger partial charge in [-0.05, 0) is 40.0 Å². The summed E-state index contributed by atoms with van der Waals surface area (Å²) < 4.78 is 21.8. The topological polar surface area (TPSA) is 84.9 Å². The zero-order chi connectivity index (χ0) is 27.7. The van der Waals surface area contributed by atoms with Crippen molar-refractivity contribution >= 4 is 13.7 Å². The molecular formula is C30H62NO5P. The summed E-state index contributed by atoms with van der Waals surface area (Å²) in [6, 6.07) is 0. The van der Waals surface area contributed by atoms with Crippen LogP contribution in [0.4, 0.5) is 0 Å². The van der Waals surface area contributed by atoms with Crippen molar-refractivity contribution in [2.75, 3.05) is 13.2 Å². The maximum atomic E-state index is 12.0. The van der Waals surface area contributed by atoms with E-state index in [1.165, 1.54) is 96.3 Å². The minimum atomic E-state index is -3.98. The number of amides is 1. The third-order valence-corrected chi connectivity index (χ3v) is 7.83. The van der Waals surface area contributed by atoms with E-state index in [2.05, 4.69) is 12.2 Å². The molecule has 0 aromatic heterocycles. The van der Waals surface area contributed by atoms with Gasteiger partial charge in [0.2, 0.25) is 5.91 Å². The Kier molecular flexibility index (Phi) is 24.3. The van der Waals surface area contributed by atoms with E-state index >= 15 is 0 Å². The first-order valence-electron chi connectivity index (χ1n) is 15.6. The Balaban J connectivity index is 3.30. The molecule has 0 bridgehead atoms. The Bertz CT molecular complexity index is 565. The van der Waals surface area contributed by atoms with E-state index in [0.717, 1.165) is 32.1 Å². The van der Waals surface area contributed by atoms with Crippen molar-refractivity contribution in [3.8, 4) is 0 Å². The van der Waals surface area contributed by atoms with Gasteiger partial charge < -0.3 is 10.2 Å². The lowest BCUT2D eigenvalue weighted by Gasteiger charge is -2.22. The molecule has 7 heteroatoms. The summed E-state index contributed by atoms with van der Waals surface area (Å²) in [6.45, 7) is 8.33. The fourth-order valence-corrected chi connectivity index (χ4v) is 5.56. The van der Waals surface area contributed by atoms with Gasteiger partial charge in [-0.3, -0.25) is 13.8 Å². The zero-order valence-corrected chi connectivity index (χ0v) is 25.9. The quantitative estimate of drug-likeness (QED) is 0.0790. The van der Waals surface area contributed by atoms with Crippen molar-refractivity contribution < 1.29 is 23.3 Å². The predicted molar refractivity (Wildman–Crippen MR) is 157 cm³/mol. The maximum absolute atomic E-state index is 12.0. The number of phosphoric acid groups is 1. The number of phosphoric ester groups is 1. The number of hydrogen-bond acceptors (Lipinski definition) is 4. The lowest BCUT2D eigenvalue weighted by atomic mass is 10.0. The van der Waals surface area contributed by atoms with E-state index in [-0.39, 0.29) is 12.5 Å². The van der Waals surface area contributed by atoms with Crippen molar-refractivity contribution in [1.82, 2.24) is 5.32 Å². The minimum absolute atomic E-state index is 0.157. The number of unbranched alkanes of at least 4 members (excludes halogenated alkanes) is 19. The highest BCUT2D eigenvalue weighted by Crippen LogP contribution is 2.47. The summed E-state index contributed by atoms with van der Waals surface area (Å²) in [5, 5.41) is 3.00. The summed E-state index contributed by atoms with van der Waals surface area (Å²) in [6.07, 6.45) is 27.0. The van der Waals surface area contributed by atoms with Crippen LogP contribution in [0.25, 0.3) is 0 Å². The number of carbonyl (C=O) groups is 1. The molecule has 37 heavy (non-hydrogen) atoms. The van der Waals surface area contributed by atoms with E-state index in [1.54, 1.807) is 20.8 Å². The van der Waals surface area contributed by atoms with Crippen LogP contribution in [-0.4, -0.2) is 29.6 Å². The molecule has 222 valence electrons. The Morgan fingerprint density at radius 2 is 1.08 bits per heavy atom. The van der Waals surface area contributed by atoms with Crippen LogP contribution in [0, 0.1) is 0 Å². The van der Waals surface area contributed by atoms with Gasteiger partial charge in [0, 0.05) is 13.0 Å². The summed E-state index contributed by atoms with van der Waals surface area (Å²) in [7, 11) is -3.98. The molecule has 0 aromatic carbocycles. The monoisotopic (exact) mass is 547 g/mol. The molecule has 0 spiro atoms. The first kappa shape index (κ1) is 36.6. The molecule has 0 aromatic rings. The molecule has 0 aliphatic rings. The van der Waals surface area contributed by atoms with Crippen molar-refractivity contribution in [3.63, 3.8) is 0 Å². The largest absolute Gasteiger partial charge is 0.472 e. The molecule has 1 amide bonds. The van der Waals surface area contributed by atoms with Crippen LogP contribution in [0.2, 0.25) is 0 Å². The molecule has 2 N–H and O–H groups in total. The summed E-state index contributed by atoms with van der Waals surface area (Å²) in [4.78, 5) is 21.6. The first-order chi connectivity index (χ1) is 17.7. The molecule has 0 aliphatic carbocycles. The molecule has 0 heterocycles. The van der Waals surface area contributed by atoms with Gasteiger partial charge in [-0.25, -0.2) is 4.57 Å². The average molecular weight is 548 g/mol. The Hall–Kier alpha value is -0.420. The minimum Gasteiger partial charge on any atom is -0.356 e. The van der Waals surface area contributed by atoms with Gasteiger partial charge in [-0.2, -0.15) is 0 Å². The van der Waals surface area contributed by atoms with Crippen LogP contribution in [0.1, 0.15) is 169 Å².